The average molecular weight is 576 g/mol. The van der Waals surface area contributed by atoms with E-state index in [4.69, 9.17) is 4.74 Å². The minimum Gasteiger partial charge on any atom is -0.497 e. The zero-order valence-electron chi connectivity index (χ0n) is 24.6. The van der Waals surface area contributed by atoms with Crippen molar-refractivity contribution in [3.8, 4) is 5.75 Å². The smallest absolute Gasteiger partial charge is 0.243 e. The Balaban J connectivity index is 1.75. The van der Waals surface area contributed by atoms with E-state index in [1.807, 2.05) is 57.8 Å². The molecular formula is C29H45N5O5S. The minimum absolute atomic E-state index is 0.0570. The largest absolute Gasteiger partial charge is 0.497 e. The molecule has 1 aromatic heterocycles. The number of hydrogen-bond donors (Lipinski definition) is 2. The van der Waals surface area contributed by atoms with Crippen LogP contribution in [-0.2, 0) is 21.4 Å². The molecule has 10 nitrogen and oxygen atoms in total. The Bertz CT molecular complexity index is 1190. The highest BCUT2D eigenvalue weighted by atomic mass is 32.2. The molecule has 0 bridgehead atoms. The lowest BCUT2D eigenvalue weighted by atomic mass is 10.1. The number of amides is 1. The van der Waals surface area contributed by atoms with Gasteiger partial charge in [-0.05, 0) is 62.6 Å². The van der Waals surface area contributed by atoms with Gasteiger partial charge in [0.15, 0.2) is 0 Å². The molecule has 2 N–H and O–H groups in total. The van der Waals surface area contributed by atoms with E-state index in [0.29, 0.717) is 31.9 Å². The number of carbonyl (C=O) groups excluding carboxylic acids is 1. The number of ether oxygens (including phenoxy) is 1. The van der Waals surface area contributed by atoms with E-state index in [2.05, 4.69) is 15.2 Å². The maximum absolute atomic E-state index is 13.5. The van der Waals surface area contributed by atoms with Gasteiger partial charge >= 0.3 is 0 Å². The van der Waals surface area contributed by atoms with Crippen LogP contribution in [0.4, 0.5) is 0 Å². The van der Waals surface area contributed by atoms with Crippen LogP contribution in [0.3, 0.4) is 0 Å². The number of methoxy groups -OCH3 is 1. The highest BCUT2D eigenvalue weighted by Crippen LogP contribution is 2.22. The lowest BCUT2D eigenvalue weighted by Gasteiger charge is -2.42. The van der Waals surface area contributed by atoms with Crippen LogP contribution >= 0.6 is 0 Å². The van der Waals surface area contributed by atoms with Crippen molar-refractivity contribution < 1.29 is 23.1 Å². The van der Waals surface area contributed by atoms with Crippen LogP contribution < -0.4 is 10.1 Å². The van der Waals surface area contributed by atoms with Crippen molar-refractivity contribution in [3.05, 3.63) is 54.4 Å². The summed E-state index contributed by atoms with van der Waals surface area (Å²) >= 11 is 0. The van der Waals surface area contributed by atoms with E-state index in [-0.39, 0.29) is 36.4 Å². The summed E-state index contributed by atoms with van der Waals surface area (Å²) in [5.41, 5.74) is 0.659. The van der Waals surface area contributed by atoms with Gasteiger partial charge in [0, 0.05) is 63.7 Å². The van der Waals surface area contributed by atoms with Crippen LogP contribution in [0.5, 0.6) is 5.75 Å². The fraction of sp³-hybridized carbons (Fsp3) is 0.586. The Kier molecular flexibility index (Phi) is 11.1. The number of aliphatic hydroxyl groups excluding tert-OH is 1. The van der Waals surface area contributed by atoms with Gasteiger partial charge in [0.2, 0.25) is 15.9 Å². The number of nitrogens with zero attached hydrogens (tertiary/aromatic N) is 4. The number of aliphatic hydroxyl groups is 1. The summed E-state index contributed by atoms with van der Waals surface area (Å²) in [6, 6.07) is 9.68. The number of rotatable bonds is 12. The van der Waals surface area contributed by atoms with Crippen molar-refractivity contribution >= 4 is 15.9 Å². The summed E-state index contributed by atoms with van der Waals surface area (Å²) < 4.78 is 33.6. The standard InChI is InChI=1S/C29H45N5O5S/c1-22(2)17-34(40(37,38)26-11-9-25(39-6)10-12-26)20-24(35)19-33-15-14-32(18-23-8-7-13-30-16-23)21-27(33)28(36)31-29(3,4)5/h7-13,16,22,24,27,35H,14-15,17-21H2,1-6H3,(H,31,36)/t24?,27-/m0/s1. The number of pyridine rings is 1. The molecule has 2 heterocycles. The first-order valence-corrected chi connectivity index (χ1v) is 15.2. The van der Waals surface area contributed by atoms with Gasteiger partial charge in [-0.2, -0.15) is 4.31 Å². The van der Waals surface area contributed by atoms with Crippen LogP contribution in [0, 0.1) is 5.92 Å². The summed E-state index contributed by atoms with van der Waals surface area (Å²) in [6.07, 6.45) is 2.58. The van der Waals surface area contributed by atoms with E-state index >= 15 is 0 Å². The molecule has 1 amide bonds. The van der Waals surface area contributed by atoms with Crippen molar-refractivity contribution in [1.82, 2.24) is 24.4 Å². The second-order valence-corrected chi connectivity index (χ2v) is 13.8. The third kappa shape index (κ3) is 9.24. The molecule has 1 aliphatic heterocycles. The summed E-state index contributed by atoms with van der Waals surface area (Å²) in [5.74, 6) is 0.513. The Hall–Kier alpha value is -2.57. The second-order valence-electron chi connectivity index (χ2n) is 11.9. The third-order valence-electron chi connectivity index (χ3n) is 6.63. The van der Waals surface area contributed by atoms with Crippen LogP contribution in [0.1, 0.15) is 40.2 Å². The van der Waals surface area contributed by atoms with Gasteiger partial charge in [-0.1, -0.05) is 19.9 Å². The predicted octanol–water partition coefficient (Wildman–Crippen LogP) is 2.20. The molecule has 1 fully saturated rings. The highest BCUT2D eigenvalue weighted by molar-refractivity contribution is 7.89. The van der Waals surface area contributed by atoms with Crippen molar-refractivity contribution in [3.63, 3.8) is 0 Å². The molecule has 0 spiro atoms. The fourth-order valence-electron chi connectivity index (χ4n) is 4.83. The third-order valence-corrected chi connectivity index (χ3v) is 8.48. The number of sulfonamides is 1. The molecule has 3 rings (SSSR count). The van der Waals surface area contributed by atoms with Gasteiger partial charge < -0.3 is 15.2 Å². The van der Waals surface area contributed by atoms with Crippen molar-refractivity contribution in [2.24, 2.45) is 5.92 Å². The zero-order chi connectivity index (χ0) is 29.5. The number of nitrogens with one attached hydrogen (secondary N) is 1. The molecule has 2 atom stereocenters. The Morgan fingerprint density at radius 1 is 1.18 bits per heavy atom. The van der Waals surface area contributed by atoms with Crippen LogP contribution in [0.15, 0.2) is 53.7 Å². The molecule has 222 valence electrons. The van der Waals surface area contributed by atoms with E-state index in [9.17, 15) is 18.3 Å². The van der Waals surface area contributed by atoms with Gasteiger partial charge in [-0.15, -0.1) is 0 Å². The van der Waals surface area contributed by atoms with Gasteiger partial charge in [0.25, 0.3) is 0 Å². The van der Waals surface area contributed by atoms with Crippen LogP contribution in [0.25, 0.3) is 0 Å². The summed E-state index contributed by atoms with van der Waals surface area (Å²) in [6.45, 7) is 12.5. The topological polar surface area (TPSA) is 115 Å². The molecule has 0 aliphatic carbocycles. The SMILES string of the molecule is COc1ccc(S(=O)(=O)N(CC(C)C)CC(O)CN2CCN(Cc3cccnc3)C[C@H]2C(=O)NC(C)(C)C)cc1. The summed E-state index contributed by atoms with van der Waals surface area (Å²) in [5, 5.41) is 14.3. The van der Waals surface area contributed by atoms with Crippen molar-refractivity contribution in [2.75, 3.05) is 46.4 Å². The van der Waals surface area contributed by atoms with E-state index in [1.54, 1.807) is 18.3 Å². The van der Waals surface area contributed by atoms with Crippen LogP contribution in [0.2, 0.25) is 0 Å². The monoisotopic (exact) mass is 575 g/mol. The molecule has 2 aromatic rings. The normalized spacial score (nSPS) is 18.2. The predicted molar refractivity (Wildman–Crippen MR) is 155 cm³/mol. The van der Waals surface area contributed by atoms with Crippen LogP contribution in [-0.4, -0.2) is 103 Å². The first kappa shape index (κ1) is 32.0. The molecule has 1 aliphatic rings. The second kappa shape index (κ2) is 13.9. The van der Waals surface area contributed by atoms with Crippen molar-refractivity contribution in [1.29, 1.82) is 0 Å². The zero-order valence-corrected chi connectivity index (χ0v) is 25.4. The van der Waals surface area contributed by atoms with Crippen molar-refractivity contribution in [2.45, 2.75) is 63.7 Å². The number of carbonyl (C=O) groups is 1. The van der Waals surface area contributed by atoms with E-state index < -0.39 is 27.7 Å². The highest BCUT2D eigenvalue weighted by Gasteiger charge is 2.36. The number of β-amino-alcohol motifs (C(OH)–C–C–N with tert-alkyl or cyclic N) is 1. The Morgan fingerprint density at radius 2 is 1.88 bits per heavy atom. The number of piperazine rings is 1. The summed E-state index contributed by atoms with van der Waals surface area (Å²) in [4.78, 5) is 21.9. The first-order valence-electron chi connectivity index (χ1n) is 13.8. The van der Waals surface area contributed by atoms with Gasteiger partial charge in [-0.25, -0.2) is 8.42 Å². The fourth-order valence-corrected chi connectivity index (χ4v) is 6.47. The molecular weight excluding hydrogens is 530 g/mol. The van der Waals surface area contributed by atoms with Gasteiger partial charge in [-0.3, -0.25) is 19.6 Å². The lowest BCUT2D eigenvalue weighted by Crippen LogP contribution is -2.62. The molecule has 0 radical (unpaired) electrons. The molecule has 1 saturated heterocycles. The number of hydrogen-bond acceptors (Lipinski definition) is 8. The number of aromatic nitrogens is 1. The summed E-state index contributed by atoms with van der Waals surface area (Å²) in [7, 11) is -2.32. The Labute approximate surface area is 239 Å². The molecule has 0 saturated carbocycles. The maximum atomic E-state index is 13.5. The lowest BCUT2D eigenvalue weighted by molar-refractivity contribution is -0.131. The van der Waals surface area contributed by atoms with E-state index in [0.717, 1.165) is 5.56 Å². The quantitative estimate of drug-likeness (QED) is 0.396. The molecule has 40 heavy (non-hydrogen) atoms. The molecule has 1 unspecified atom stereocenters. The van der Waals surface area contributed by atoms with E-state index in [1.165, 1.54) is 23.5 Å². The first-order chi connectivity index (χ1) is 18.8. The van der Waals surface area contributed by atoms with Gasteiger partial charge in [0.05, 0.1) is 18.1 Å². The molecule has 11 heteroatoms. The number of benzene rings is 1. The van der Waals surface area contributed by atoms with Gasteiger partial charge in [0.1, 0.15) is 11.8 Å². The average Bonchev–Trinajstić information content (AvgIpc) is 2.88. The minimum atomic E-state index is -3.85. The molecule has 1 aromatic carbocycles. The Morgan fingerprint density at radius 3 is 2.45 bits per heavy atom. The maximum Gasteiger partial charge on any atom is 0.243 e.